The van der Waals surface area contributed by atoms with Gasteiger partial charge in [0, 0.05) is 29.4 Å². The molecule has 0 saturated heterocycles. The maximum Gasteiger partial charge on any atom is 0.274 e. The van der Waals surface area contributed by atoms with Gasteiger partial charge >= 0.3 is 0 Å². The van der Waals surface area contributed by atoms with Crippen LogP contribution in [-0.2, 0) is 11.3 Å². The van der Waals surface area contributed by atoms with Crippen LogP contribution in [0, 0.1) is 24.0 Å². The molecule has 1 atom stereocenters. The summed E-state index contributed by atoms with van der Waals surface area (Å²) < 4.78 is 1.84. The molecule has 0 radical (unpaired) electrons. The number of thioether (sulfide) groups is 1. The van der Waals surface area contributed by atoms with Crippen molar-refractivity contribution in [2.24, 2.45) is 0 Å². The Kier molecular flexibility index (Phi) is 8.00. The molecule has 2 aromatic carbocycles. The molecule has 0 unspecified atom stereocenters. The molecule has 0 bridgehead atoms. The molecule has 3 aromatic rings. The first-order valence-electron chi connectivity index (χ1n) is 10.7. The third-order valence-electron chi connectivity index (χ3n) is 5.13. The van der Waals surface area contributed by atoms with Crippen LogP contribution < -0.4 is 10.6 Å². The van der Waals surface area contributed by atoms with Gasteiger partial charge in [-0.05, 0) is 45.9 Å². The van der Waals surface area contributed by atoms with Crippen molar-refractivity contribution in [2.75, 3.05) is 11.1 Å². The van der Waals surface area contributed by atoms with E-state index in [9.17, 15) is 19.7 Å². The molecule has 0 aliphatic heterocycles. The monoisotopic (exact) mass is 482 g/mol. The van der Waals surface area contributed by atoms with Crippen molar-refractivity contribution in [1.82, 2.24) is 20.1 Å². The molecule has 11 heteroatoms. The van der Waals surface area contributed by atoms with E-state index in [4.69, 9.17) is 0 Å². The van der Waals surface area contributed by atoms with Crippen molar-refractivity contribution >= 4 is 35.0 Å². The van der Waals surface area contributed by atoms with Crippen LogP contribution in [0.3, 0.4) is 0 Å². The number of nitrogens with zero attached hydrogens (tertiary/aromatic N) is 4. The fourth-order valence-corrected chi connectivity index (χ4v) is 4.09. The molecule has 2 amide bonds. The Labute approximate surface area is 201 Å². The fourth-order valence-electron chi connectivity index (χ4n) is 3.28. The van der Waals surface area contributed by atoms with Gasteiger partial charge in [-0.2, -0.15) is 0 Å². The lowest BCUT2D eigenvalue weighted by Crippen LogP contribution is -2.28. The van der Waals surface area contributed by atoms with Gasteiger partial charge in [0.2, 0.25) is 5.91 Å². The number of amides is 2. The van der Waals surface area contributed by atoms with Crippen molar-refractivity contribution in [3.05, 3.63) is 75.1 Å². The van der Waals surface area contributed by atoms with Crippen LogP contribution in [0.1, 0.15) is 47.2 Å². The molecule has 0 aliphatic rings. The van der Waals surface area contributed by atoms with E-state index in [1.54, 1.807) is 31.2 Å². The van der Waals surface area contributed by atoms with Crippen LogP contribution in [0.25, 0.3) is 0 Å². The van der Waals surface area contributed by atoms with E-state index in [-0.39, 0.29) is 23.3 Å². The number of rotatable bonds is 9. The summed E-state index contributed by atoms with van der Waals surface area (Å²) in [5.74, 6) is 0.0965. The average molecular weight is 483 g/mol. The smallest absolute Gasteiger partial charge is 0.274 e. The standard InChI is InChI=1S/C23H26N6O4S/c1-5-28-21(16(4)24-22(31)17-9-6-14(2)7-10-17)26-27-23(28)34-13-20(30)25-18-11-8-15(3)19(12-18)29(32)33/h6-12,16H,5,13H2,1-4H3,(H,24,31)(H,25,30)/t16-/m1/s1. The molecular formula is C23H26N6O4S. The van der Waals surface area contributed by atoms with Gasteiger partial charge in [0.15, 0.2) is 11.0 Å². The van der Waals surface area contributed by atoms with Crippen molar-refractivity contribution in [1.29, 1.82) is 0 Å². The van der Waals surface area contributed by atoms with Crippen LogP contribution in [0.5, 0.6) is 0 Å². The Balaban J connectivity index is 1.63. The first-order valence-corrected chi connectivity index (χ1v) is 11.7. The molecule has 34 heavy (non-hydrogen) atoms. The van der Waals surface area contributed by atoms with Crippen LogP contribution in [0.15, 0.2) is 47.6 Å². The highest BCUT2D eigenvalue weighted by Gasteiger charge is 2.20. The Hall–Kier alpha value is -3.73. The molecule has 0 fully saturated rings. The van der Waals surface area contributed by atoms with Gasteiger partial charge in [-0.25, -0.2) is 0 Å². The number of anilines is 1. The number of aryl methyl sites for hydroxylation is 2. The lowest BCUT2D eigenvalue weighted by Gasteiger charge is -2.15. The van der Waals surface area contributed by atoms with Gasteiger partial charge in [0.05, 0.1) is 16.7 Å². The highest BCUT2D eigenvalue weighted by atomic mass is 32.2. The fraction of sp³-hybridized carbons (Fsp3) is 0.304. The van der Waals surface area contributed by atoms with E-state index in [0.29, 0.717) is 34.3 Å². The summed E-state index contributed by atoms with van der Waals surface area (Å²) in [6, 6.07) is 11.4. The quantitative estimate of drug-likeness (QED) is 0.267. The summed E-state index contributed by atoms with van der Waals surface area (Å²) in [5.41, 5.74) is 2.45. The molecule has 3 rings (SSSR count). The van der Waals surface area contributed by atoms with Crippen LogP contribution >= 0.6 is 11.8 Å². The number of hydrogen-bond donors (Lipinski definition) is 2. The molecule has 2 N–H and O–H groups in total. The molecular weight excluding hydrogens is 456 g/mol. The molecule has 0 saturated carbocycles. The molecule has 0 spiro atoms. The Bertz CT molecular complexity index is 1210. The molecule has 0 aliphatic carbocycles. The minimum Gasteiger partial charge on any atom is -0.342 e. The summed E-state index contributed by atoms with van der Waals surface area (Å²) in [6.07, 6.45) is 0. The summed E-state index contributed by atoms with van der Waals surface area (Å²) in [6.45, 7) is 7.91. The normalized spacial score (nSPS) is 11.6. The minimum absolute atomic E-state index is 0.0455. The first-order chi connectivity index (χ1) is 16.2. The number of carbonyl (C=O) groups is 2. The van der Waals surface area contributed by atoms with E-state index in [0.717, 1.165) is 5.56 Å². The first kappa shape index (κ1) is 24.9. The number of aromatic nitrogens is 3. The third-order valence-corrected chi connectivity index (χ3v) is 6.10. The highest BCUT2D eigenvalue weighted by Crippen LogP contribution is 2.24. The second-order valence-corrected chi connectivity index (χ2v) is 8.68. The summed E-state index contributed by atoms with van der Waals surface area (Å²) >= 11 is 1.20. The molecule has 1 heterocycles. The third kappa shape index (κ3) is 5.98. The number of carbonyl (C=O) groups excluding carboxylic acids is 2. The van der Waals surface area contributed by atoms with Crippen molar-refractivity contribution in [2.45, 2.75) is 45.4 Å². The second-order valence-electron chi connectivity index (χ2n) is 7.74. The lowest BCUT2D eigenvalue weighted by molar-refractivity contribution is -0.385. The SMILES string of the molecule is CCn1c(SCC(=O)Nc2ccc(C)c([N+](=O)[O-])c2)nnc1[C@@H](C)NC(=O)c1ccc(C)cc1. The lowest BCUT2D eigenvalue weighted by atomic mass is 10.1. The summed E-state index contributed by atoms with van der Waals surface area (Å²) in [5, 5.41) is 25.7. The van der Waals surface area contributed by atoms with E-state index >= 15 is 0 Å². The second kappa shape index (κ2) is 10.9. The predicted molar refractivity (Wildman–Crippen MR) is 130 cm³/mol. The molecule has 178 valence electrons. The van der Waals surface area contributed by atoms with Gasteiger partial charge < -0.3 is 15.2 Å². The van der Waals surface area contributed by atoms with E-state index in [1.807, 2.05) is 37.5 Å². The average Bonchev–Trinajstić information content (AvgIpc) is 3.22. The zero-order valence-electron chi connectivity index (χ0n) is 19.4. The van der Waals surface area contributed by atoms with Gasteiger partial charge in [-0.1, -0.05) is 35.5 Å². The zero-order valence-corrected chi connectivity index (χ0v) is 20.2. The van der Waals surface area contributed by atoms with Crippen LogP contribution in [-0.4, -0.2) is 37.3 Å². The molecule has 1 aromatic heterocycles. The number of benzene rings is 2. The summed E-state index contributed by atoms with van der Waals surface area (Å²) in [7, 11) is 0. The van der Waals surface area contributed by atoms with Gasteiger partial charge in [-0.3, -0.25) is 19.7 Å². The Morgan fingerprint density at radius 1 is 1.15 bits per heavy atom. The van der Waals surface area contributed by atoms with E-state index in [2.05, 4.69) is 20.8 Å². The maximum atomic E-state index is 12.6. The number of hydrogen-bond acceptors (Lipinski definition) is 7. The minimum atomic E-state index is -0.482. The van der Waals surface area contributed by atoms with Gasteiger partial charge in [-0.15, -0.1) is 10.2 Å². The predicted octanol–water partition coefficient (Wildman–Crippen LogP) is 4.04. The number of nitro groups is 1. The van der Waals surface area contributed by atoms with E-state index in [1.165, 1.54) is 17.8 Å². The highest BCUT2D eigenvalue weighted by molar-refractivity contribution is 7.99. The van der Waals surface area contributed by atoms with Crippen molar-refractivity contribution in [3.8, 4) is 0 Å². The van der Waals surface area contributed by atoms with E-state index < -0.39 is 11.0 Å². The largest absolute Gasteiger partial charge is 0.342 e. The number of nitrogens with one attached hydrogen (secondary N) is 2. The Morgan fingerprint density at radius 2 is 1.85 bits per heavy atom. The zero-order chi connectivity index (χ0) is 24.8. The molecule has 10 nitrogen and oxygen atoms in total. The van der Waals surface area contributed by atoms with Crippen molar-refractivity contribution < 1.29 is 14.5 Å². The van der Waals surface area contributed by atoms with Crippen molar-refractivity contribution in [3.63, 3.8) is 0 Å². The number of nitro benzene ring substituents is 1. The summed E-state index contributed by atoms with van der Waals surface area (Å²) in [4.78, 5) is 35.6. The topological polar surface area (TPSA) is 132 Å². The maximum absolute atomic E-state index is 12.6. The van der Waals surface area contributed by atoms with Crippen LogP contribution in [0.4, 0.5) is 11.4 Å². The van der Waals surface area contributed by atoms with Gasteiger partial charge in [0.1, 0.15) is 0 Å². The van der Waals surface area contributed by atoms with Crippen LogP contribution in [0.2, 0.25) is 0 Å². The van der Waals surface area contributed by atoms with Gasteiger partial charge in [0.25, 0.3) is 11.6 Å². The Morgan fingerprint density at radius 3 is 2.50 bits per heavy atom.